The van der Waals surface area contributed by atoms with Crippen molar-refractivity contribution in [2.75, 3.05) is 11.9 Å². The minimum Gasteiger partial charge on any atom is -0.483 e. The van der Waals surface area contributed by atoms with Gasteiger partial charge in [0.05, 0.1) is 6.61 Å². The number of hydrogen-bond donors (Lipinski definition) is 2. The molecule has 0 bridgehead atoms. The molecular weight excluding hydrogens is 290 g/mol. The summed E-state index contributed by atoms with van der Waals surface area (Å²) in [5, 5.41) is 12.4. The number of aryl methyl sites for hydroxylation is 1. The molecule has 0 aromatic heterocycles. The Hall–Kier alpha value is -2.04. The number of aliphatic hydroxyl groups excluding tert-OH is 1. The predicted octanol–water partition coefficient (Wildman–Crippen LogP) is 3.16. The first kappa shape index (κ1) is 15.4. The number of aliphatic hydroxyl groups is 1. The molecule has 0 aliphatic carbocycles. The second kappa shape index (κ2) is 7.11. The van der Waals surface area contributed by atoms with Gasteiger partial charge in [0.1, 0.15) is 5.75 Å². The average molecular weight is 306 g/mol. The third-order valence-electron chi connectivity index (χ3n) is 2.89. The van der Waals surface area contributed by atoms with E-state index in [1.165, 1.54) is 0 Å². The average Bonchev–Trinajstić information content (AvgIpc) is 2.45. The number of halogens is 1. The molecule has 0 atom stereocenters. The summed E-state index contributed by atoms with van der Waals surface area (Å²) in [7, 11) is 0. The highest BCUT2D eigenvalue weighted by Crippen LogP contribution is 2.26. The van der Waals surface area contributed by atoms with Gasteiger partial charge in [-0.25, -0.2) is 0 Å². The van der Waals surface area contributed by atoms with Gasteiger partial charge in [0.25, 0.3) is 5.91 Å². The Morgan fingerprint density at radius 2 is 2.05 bits per heavy atom. The molecule has 21 heavy (non-hydrogen) atoms. The number of ether oxygens (including phenoxy) is 1. The number of amides is 1. The van der Waals surface area contributed by atoms with Crippen molar-refractivity contribution in [2.24, 2.45) is 0 Å². The van der Waals surface area contributed by atoms with E-state index < -0.39 is 0 Å². The molecule has 0 unspecified atom stereocenters. The predicted molar refractivity (Wildman–Crippen MR) is 82.7 cm³/mol. The van der Waals surface area contributed by atoms with Crippen LogP contribution in [0.4, 0.5) is 5.69 Å². The normalized spacial score (nSPS) is 10.2. The van der Waals surface area contributed by atoms with E-state index in [0.717, 1.165) is 11.3 Å². The van der Waals surface area contributed by atoms with E-state index in [2.05, 4.69) is 5.32 Å². The second-order valence-corrected chi connectivity index (χ2v) is 4.99. The molecule has 2 N–H and O–H groups in total. The number of carbonyl (C=O) groups is 1. The lowest BCUT2D eigenvalue weighted by molar-refractivity contribution is -0.118. The van der Waals surface area contributed by atoms with Gasteiger partial charge in [-0.1, -0.05) is 29.8 Å². The van der Waals surface area contributed by atoms with Crippen LogP contribution in [0, 0.1) is 6.92 Å². The van der Waals surface area contributed by atoms with Crippen LogP contribution < -0.4 is 10.1 Å². The van der Waals surface area contributed by atoms with Gasteiger partial charge < -0.3 is 15.2 Å². The molecule has 1 amide bonds. The monoisotopic (exact) mass is 305 g/mol. The third kappa shape index (κ3) is 4.21. The van der Waals surface area contributed by atoms with E-state index in [4.69, 9.17) is 16.3 Å². The first-order valence-corrected chi connectivity index (χ1v) is 6.85. The fraction of sp³-hybridized carbons (Fsp3) is 0.188. The van der Waals surface area contributed by atoms with Gasteiger partial charge in [-0.3, -0.25) is 4.79 Å². The maximum absolute atomic E-state index is 11.9. The first-order valence-electron chi connectivity index (χ1n) is 6.47. The highest BCUT2D eigenvalue weighted by atomic mass is 35.5. The SMILES string of the molecule is Cc1cccc(NC(=O)COc2cccc(Cl)c2CO)c1. The topological polar surface area (TPSA) is 58.6 Å². The largest absolute Gasteiger partial charge is 0.483 e. The van der Waals surface area contributed by atoms with E-state index in [9.17, 15) is 9.90 Å². The van der Waals surface area contributed by atoms with Crippen LogP contribution in [0.15, 0.2) is 42.5 Å². The molecular formula is C16H16ClNO3. The van der Waals surface area contributed by atoms with Crippen molar-refractivity contribution in [1.82, 2.24) is 0 Å². The molecule has 0 aliphatic rings. The first-order chi connectivity index (χ1) is 10.1. The van der Waals surface area contributed by atoms with Crippen LogP contribution in [0.3, 0.4) is 0 Å². The number of rotatable bonds is 5. The minimum absolute atomic E-state index is 0.152. The number of nitrogens with one attached hydrogen (secondary N) is 1. The van der Waals surface area contributed by atoms with Crippen molar-refractivity contribution in [3.05, 3.63) is 58.6 Å². The lowest BCUT2D eigenvalue weighted by Gasteiger charge is -2.11. The Balaban J connectivity index is 1.97. The zero-order valence-electron chi connectivity index (χ0n) is 11.6. The second-order valence-electron chi connectivity index (χ2n) is 4.58. The molecule has 0 saturated carbocycles. The van der Waals surface area contributed by atoms with Crippen molar-refractivity contribution >= 4 is 23.2 Å². The van der Waals surface area contributed by atoms with E-state index in [-0.39, 0.29) is 19.1 Å². The van der Waals surface area contributed by atoms with Gasteiger partial charge in [0.15, 0.2) is 6.61 Å². The summed E-state index contributed by atoms with van der Waals surface area (Å²) in [5.74, 6) is 0.133. The maximum atomic E-state index is 11.9. The zero-order valence-corrected chi connectivity index (χ0v) is 12.4. The van der Waals surface area contributed by atoms with E-state index in [1.54, 1.807) is 18.2 Å². The van der Waals surface area contributed by atoms with Crippen LogP contribution in [0.25, 0.3) is 0 Å². The van der Waals surface area contributed by atoms with Gasteiger partial charge in [0, 0.05) is 16.3 Å². The van der Waals surface area contributed by atoms with E-state index >= 15 is 0 Å². The van der Waals surface area contributed by atoms with Crippen LogP contribution in [-0.4, -0.2) is 17.6 Å². The van der Waals surface area contributed by atoms with Crippen LogP contribution in [-0.2, 0) is 11.4 Å². The van der Waals surface area contributed by atoms with Crippen molar-refractivity contribution in [3.8, 4) is 5.75 Å². The standard InChI is InChI=1S/C16H16ClNO3/c1-11-4-2-5-12(8-11)18-16(20)10-21-15-7-3-6-14(17)13(15)9-19/h2-8,19H,9-10H2,1H3,(H,18,20). The molecule has 0 fully saturated rings. The number of hydrogen-bond acceptors (Lipinski definition) is 3. The van der Waals surface area contributed by atoms with Crippen molar-refractivity contribution < 1.29 is 14.6 Å². The van der Waals surface area contributed by atoms with Crippen LogP contribution in [0.1, 0.15) is 11.1 Å². The van der Waals surface area contributed by atoms with E-state index in [1.807, 2.05) is 31.2 Å². The summed E-state index contributed by atoms with van der Waals surface area (Å²) < 4.78 is 5.42. The van der Waals surface area contributed by atoms with Crippen LogP contribution in [0.5, 0.6) is 5.75 Å². The van der Waals surface area contributed by atoms with Gasteiger partial charge in [0.2, 0.25) is 0 Å². The van der Waals surface area contributed by atoms with Crippen molar-refractivity contribution in [1.29, 1.82) is 0 Å². The van der Waals surface area contributed by atoms with Crippen LogP contribution >= 0.6 is 11.6 Å². The van der Waals surface area contributed by atoms with Gasteiger partial charge in [-0.2, -0.15) is 0 Å². The lowest BCUT2D eigenvalue weighted by Crippen LogP contribution is -2.20. The Labute approximate surface area is 128 Å². The van der Waals surface area contributed by atoms with Crippen LogP contribution in [0.2, 0.25) is 5.02 Å². The van der Waals surface area contributed by atoms with Gasteiger partial charge in [-0.15, -0.1) is 0 Å². The zero-order chi connectivity index (χ0) is 15.2. The quantitative estimate of drug-likeness (QED) is 0.892. The number of carbonyl (C=O) groups excluding carboxylic acids is 1. The summed E-state index contributed by atoms with van der Waals surface area (Å²) in [6.07, 6.45) is 0. The Kier molecular flexibility index (Phi) is 5.20. The summed E-state index contributed by atoms with van der Waals surface area (Å²) in [4.78, 5) is 11.9. The molecule has 2 rings (SSSR count). The summed E-state index contributed by atoms with van der Waals surface area (Å²) in [6.45, 7) is 1.56. The van der Waals surface area contributed by atoms with Gasteiger partial charge >= 0.3 is 0 Å². The molecule has 2 aromatic rings. The van der Waals surface area contributed by atoms with E-state index in [0.29, 0.717) is 16.3 Å². The fourth-order valence-corrected chi connectivity index (χ4v) is 2.12. The molecule has 0 aliphatic heterocycles. The fourth-order valence-electron chi connectivity index (χ4n) is 1.89. The summed E-state index contributed by atoms with van der Waals surface area (Å²) in [5.41, 5.74) is 2.26. The molecule has 0 spiro atoms. The molecule has 0 radical (unpaired) electrons. The smallest absolute Gasteiger partial charge is 0.262 e. The molecule has 110 valence electrons. The Morgan fingerprint density at radius 3 is 2.76 bits per heavy atom. The molecule has 5 heteroatoms. The molecule has 0 heterocycles. The highest BCUT2D eigenvalue weighted by Gasteiger charge is 2.09. The third-order valence-corrected chi connectivity index (χ3v) is 3.25. The lowest BCUT2D eigenvalue weighted by atomic mass is 10.2. The number of benzene rings is 2. The van der Waals surface area contributed by atoms with Crippen molar-refractivity contribution in [3.63, 3.8) is 0 Å². The highest BCUT2D eigenvalue weighted by molar-refractivity contribution is 6.31. The minimum atomic E-state index is -0.274. The molecule has 4 nitrogen and oxygen atoms in total. The number of anilines is 1. The van der Waals surface area contributed by atoms with Crippen molar-refractivity contribution in [2.45, 2.75) is 13.5 Å². The Morgan fingerprint density at radius 1 is 1.29 bits per heavy atom. The maximum Gasteiger partial charge on any atom is 0.262 e. The molecule has 0 saturated heterocycles. The summed E-state index contributed by atoms with van der Waals surface area (Å²) >= 11 is 5.95. The summed E-state index contributed by atoms with van der Waals surface area (Å²) in [6, 6.07) is 12.5. The van der Waals surface area contributed by atoms with Gasteiger partial charge in [-0.05, 0) is 36.8 Å². The molecule has 2 aromatic carbocycles. The Bertz CT molecular complexity index is 643.